The molecule has 1 amide bonds. The minimum Gasteiger partial charge on any atom is -0.378 e. The monoisotopic (exact) mass is 523 g/mol. The average Bonchev–Trinajstić information content (AvgIpc) is 3.58. The molecule has 3 aromatic rings. The predicted molar refractivity (Wildman–Crippen MR) is 146 cm³/mol. The van der Waals surface area contributed by atoms with Gasteiger partial charge in [0.25, 0.3) is 0 Å². The van der Waals surface area contributed by atoms with Crippen molar-refractivity contribution < 1.29 is 13.9 Å². The maximum atomic E-state index is 13.4. The molecule has 1 aromatic heterocycles. The van der Waals surface area contributed by atoms with Crippen LogP contribution in [0.5, 0.6) is 0 Å². The first-order valence-electron chi connectivity index (χ1n) is 13.1. The van der Waals surface area contributed by atoms with Gasteiger partial charge in [0.2, 0.25) is 5.91 Å². The van der Waals surface area contributed by atoms with Gasteiger partial charge in [0.05, 0.1) is 31.1 Å². The summed E-state index contributed by atoms with van der Waals surface area (Å²) in [6.07, 6.45) is 3.15. The normalized spacial score (nSPS) is 16.9. The number of hydrogen-bond donors (Lipinski definition) is 1. The van der Waals surface area contributed by atoms with E-state index in [1.165, 1.54) is 30.7 Å². The van der Waals surface area contributed by atoms with Crippen molar-refractivity contribution in [2.24, 2.45) is 4.99 Å². The SMILES string of the molecule is O=C(CN1CCCC1)NCCCn1c(-c2ccc(N3CCOCC3)cc2)csc1=Nc1ccc(F)cc1. The summed E-state index contributed by atoms with van der Waals surface area (Å²) < 4.78 is 21.1. The average molecular weight is 524 g/mol. The molecule has 196 valence electrons. The molecule has 2 aliphatic rings. The second-order valence-corrected chi connectivity index (χ2v) is 10.3. The molecule has 0 aliphatic carbocycles. The smallest absolute Gasteiger partial charge is 0.234 e. The molecular weight excluding hydrogens is 489 g/mol. The lowest BCUT2D eigenvalue weighted by molar-refractivity contribution is -0.122. The molecule has 9 heteroatoms. The van der Waals surface area contributed by atoms with Crippen LogP contribution in [-0.2, 0) is 16.1 Å². The Kier molecular flexibility index (Phi) is 8.65. The van der Waals surface area contributed by atoms with Crippen molar-refractivity contribution in [2.45, 2.75) is 25.8 Å². The largest absolute Gasteiger partial charge is 0.378 e. The van der Waals surface area contributed by atoms with Crippen molar-refractivity contribution in [3.05, 3.63) is 64.5 Å². The Morgan fingerprint density at radius 2 is 1.73 bits per heavy atom. The molecule has 2 fully saturated rings. The summed E-state index contributed by atoms with van der Waals surface area (Å²) in [5.41, 5.74) is 4.12. The summed E-state index contributed by atoms with van der Waals surface area (Å²) in [6, 6.07) is 14.9. The number of carbonyl (C=O) groups excluding carboxylic acids is 1. The van der Waals surface area contributed by atoms with Crippen LogP contribution < -0.4 is 15.0 Å². The third-order valence-electron chi connectivity index (χ3n) is 6.83. The summed E-state index contributed by atoms with van der Waals surface area (Å²) >= 11 is 1.57. The van der Waals surface area contributed by atoms with Gasteiger partial charge in [-0.15, -0.1) is 11.3 Å². The maximum Gasteiger partial charge on any atom is 0.234 e. The minimum atomic E-state index is -0.274. The van der Waals surface area contributed by atoms with Crippen LogP contribution >= 0.6 is 11.3 Å². The highest BCUT2D eigenvalue weighted by molar-refractivity contribution is 7.07. The number of anilines is 1. The predicted octanol–water partition coefficient (Wildman–Crippen LogP) is 4.03. The molecular formula is C28H34FN5O2S. The molecule has 7 nitrogen and oxygen atoms in total. The number of aromatic nitrogens is 1. The third kappa shape index (κ3) is 6.85. The van der Waals surface area contributed by atoms with Gasteiger partial charge in [0.15, 0.2) is 4.80 Å². The van der Waals surface area contributed by atoms with Crippen LogP contribution in [0, 0.1) is 5.82 Å². The van der Waals surface area contributed by atoms with Crippen molar-refractivity contribution >= 4 is 28.6 Å². The van der Waals surface area contributed by atoms with Gasteiger partial charge < -0.3 is 19.5 Å². The zero-order valence-corrected chi connectivity index (χ0v) is 21.9. The highest BCUT2D eigenvalue weighted by Crippen LogP contribution is 2.25. The van der Waals surface area contributed by atoms with E-state index < -0.39 is 0 Å². The number of morpholine rings is 1. The second-order valence-electron chi connectivity index (χ2n) is 9.48. The van der Waals surface area contributed by atoms with E-state index in [1.54, 1.807) is 23.5 Å². The molecule has 0 atom stereocenters. The first kappa shape index (κ1) is 25.6. The van der Waals surface area contributed by atoms with Crippen LogP contribution in [0.15, 0.2) is 58.9 Å². The lowest BCUT2D eigenvalue weighted by Crippen LogP contribution is -2.36. The number of carbonyl (C=O) groups is 1. The lowest BCUT2D eigenvalue weighted by Gasteiger charge is -2.28. The quantitative estimate of drug-likeness (QED) is 0.431. The Morgan fingerprint density at radius 1 is 1.00 bits per heavy atom. The number of hydrogen-bond acceptors (Lipinski definition) is 6. The number of halogens is 1. The Labute approximate surface area is 221 Å². The van der Waals surface area contributed by atoms with Gasteiger partial charge in [-0.25, -0.2) is 9.38 Å². The second kappa shape index (κ2) is 12.5. The molecule has 2 aliphatic heterocycles. The molecule has 3 heterocycles. The van der Waals surface area contributed by atoms with Gasteiger partial charge in [-0.1, -0.05) is 12.1 Å². The van der Waals surface area contributed by atoms with Crippen molar-refractivity contribution in [1.29, 1.82) is 0 Å². The van der Waals surface area contributed by atoms with E-state index in [2.05, 4.69) is 49.3 Å². The van der Waals surface area contributed by atoms with Crippen molar-refractivity contribution in [2.75, 3.05) is 57.4 Å². The molecule has 5 rings (SSSR count). The standard InChI is InChI=1S/C28H34FN5O2S/c29-23-6-8-24(9-7-23)31-28-34(15-3-12-30-27(35)20-32-13-1-2-14-32)26(21-37-28)22-4-10-25(11-5-22)33-16-18-36-19-17-33/h4-11,21H,1-3,12-20H2,(H,30,35). The number of nitrogens with one attached hydrogen (secondary N) is 1. The van der Waals surface area contributed by atoms with Crippen molar-refractivity contribution in [3.63, 3.8) is 0 Å². The van der Waals surface area contributed by atoms with Crippen molar-refractivity contribution in [3.8, 4) is 11.3 Å². The summed E-state index contributed by atoms with van der Waals surface area (Å²) in [5, 5.41) is 5.19. The van der Waals surface area contributed by atoms with E-state index in [0.29, 0.717) is 25.3 Å². The summed E-state index contributed by atoms with van der Waals surface area (Å²) in [5.74, 6) is -0.184. The van der Waals surface area contributed by atoms with Crippen LogP contribution in [-0.4, -0.2) is 67.9 Å². The van der Waals surface area contributed by atoms with Crippen LogP contribution in [0.2, 0.25) is 0 Å². The molecule has 0 radical (unpaired) electrons. The highest BCUT2D eigenvalue weighted by atomic mass is 32.1. The highest BCUT2D eigenvalue weighted by Gasteiger charge is 2.15. The Morgan fingerprint density at radius 3 is 2.46 bits per heavy atom. The topological polar surface area (TPSA) is 62.1 Å². The van der Waals surface area contributed by atoms with E-state index in [-0.39, 0.29) is 11.7 Å². The van der Waals surface area contributed by atoms with Crippen LogP contribution in [0.4, 0.5) is 15.8 Å². The fraction of sp³-hybridized carbons (Fsp3) is 0.429. The Balaban J connectivity index is 1.31. The third-order valence-corrected chi connectivity index (χ3v) is 7.70. The number of nitrogens with zero attached hydrogens (tertiary/aromatic N) is 4. The number of amides is 1. The first-order valence-corrected chi connectivity index (χ1v) is 13.9. The molecule has 0 saturated carbocycles. The number of rotatable bonds is 9. The lowest BCUT2D eigenvalue weighted by atomic mass is 10.1. The fourth-order valence-electron chi connectivity index (χ4n) is 4.82. The van der Waals surface area contributed by atoms with E-state index in [1.807, 2.05) is 0 Å². The fourth-order valence-corrected chi connectivity index (χ4v) is 5.78. The zero-order valence-electron chi connectivity index (χ0n) is 21.1. The first-order chi connectivity index (χ1) is 18.2. The molecule has 0 unspecified atom stereocenters. The van der Waals surface area contributed by atoms with Crippen LogP contribution in [0.1, 0.15) is 19.3 Å². The molecule has 2 saturated heterocycles. The number of ether oxygens (including phenoxy) is 1. The van der Waals surface area contributed by atoms with Gasteiger partial charge in [0, 0.05) is 37.2 Å². The number of benzene rings is 2. The minimum absolute atomic E-state index is 0.0902. The summed E-state index contributed by atoms with van der Waals surface area (Å²) in [4.78, 5) is 22.5. The van der Waals surface area contributed by atoms with E-state index in [9.17, 15) is 9.18 Å². The van der Waals surface area contributed by atoms with Gasteiger partial charge >= 0.3 is 0 Å². The zero-order chi connectivity index (χ0) is 25.5. The molecule has 1 N–H and O–H groups in total. The molecule has 0 spiro atoms. The Hall–Kier alpha value is -3.01. The molecule has 2 aromatic carbocycles. The molecule has 0 bridgehead atoms. The van der Waals surface area contributed by atoms with Gasteiger partial charge in [-0.3, -0.25) is 9.69 Å². The number of likely N-dealkylation sites (tertiary alicyclic amines) is 1. The van der Waals surface area contributed by atoms with Crippen LogP contribution in [0.3, 0.4) is 0 Å². The maximum absolute atomic E-state index is 13.4. The van der Waals surface area contributed by atoms with Gasteiger partial charge in [-0.2, -0.15) is 0 Å². The number of thiazole rings is 1. The van der Waals surface area contributed by atoms with Gasteiger partial charge in [0.1, 0.15) is 5.82 Å². The molecule has 37 heavy (non-hydrogen) atoms. The summed E-state index contributed by atoms with van der Waals surface area (Å²) in [7, 11) is 0. The van der Waals surface area contributed by atoms with Crippen LogP contribution in [0.25, 0.3) is 11.3 Å². The van der Waals surface area contributed by atoms with Crippen molar-refractivity contribution in [1.82, 2.24) is 14.8 Å². The summed E-state index contributed by atoms with van der Waals surface area (Å²) in [6.45, 7) is 7.17. The van der Waals surface area contributed by atoms with E-state index in [0.717, 1.165) is 61.9 Å². The van der Waals surface area contributed by atoms with E-state index in [4.69, 9.17) is 9.73 Å². The van der Waals surface area contributed by atoms with Gasteiger partial charge in [-0.05, 0) is 74.3 Å². The Bertz CT molecular complexity index is 1230. The van der Waals surface area contributed by atoms with E-state index >= 15 is 0 Å².